The van der Waals surface area contributed by atoms with Crippen LogP contribution in [0.2, 0.25) is 5.02 Å². The van der Waals surface area contributed by atoms with E-state index in [1.54, 1.807) is 35.8 Å². The minimum absolute atomic E-state index is 0.0508. The zero-order valence-corrected chi connectivity index (χ0v) is 29.2. The van der Waals surface area contributed by atoms with Crippen LogP contribution < -0.4 is 21.0 Å². The molecule has 49 heavy (non-hydrogen) atoms. The normalized spacial score (nSPS) is 17.7. The minimum atomic E-state index is -0.744. The van der Waals surface area contributed by atoms with Crippen LogP contribution in [0.15, 0.2) is 52.7 Å². The van der Waals surface area contributed by atoms with E-state index in [9.17, 15) is 14.4 Å². The maximum atomic E-state index is 15.1. The molecule has 2 unspecified atom stereocenters. The van der Waals surface area contributed by atoms with E-state index in [0.29, 0.717) is 62.0 Å². The summed E-state index contributed by atoms with van der Waals surface area (Å²) in [6.07, 6.45) is 2.97. The van der Waals surface area contributed by atoms with Crippen LogP contribution in [-0.4, -0.2) is 73.0 Å². The molecule has 2 aliphatic rings. The highest BCUT2D eigenvalue weighted by Gasteiger charge is 2.46. The zero-order valence-electron chi connectivity index (χ0n) is 28.5. The molecule has 0 radical (unpaired) electrons. The number of fused-ring (bicyclic) bond motifs is 6. The van der Waals surface area contributed by atoms with Crippen LogP contribution in [0.25, 0.3) is 39.0 Å². The summed E-state index contributed by atoms with van der Waals surface area (Å²) >= 11 is 7.19. The Bertz CT molecular complexity index is 2390. The topological polar surface area (TPSA) is 129 Å². The number of nitrogens with zero attached hydrogens (tertiary/aromatic N) is 7. The Morgan fingerprint density at radius 2 is 1.80 bits per heavy atom. The quantitative estimate of drug-likeness (QED) is 0.275. The summed E-state index contributed by atoms with van der Waals surface area (Å²) in [6.45, 7) is 13.8. The highest BCUT2D eigenvalue weighted by Crippen LogP contribution is 2.44. The summed E-state index contributed by atoms with van der Waals surface area (Å²) in [6, 6.07) is 6.35. The van der Waals surface area contributed by atoms with E-state index >= 15 is 4.79 Å². The van der Waals surface area contributed by atoms with Crippen LogP contribution in [0.5, 0.6) is 0 Å². The molecule has 1 N–H and O–H groups in total. The van der Waals surface area contributed by atoms with Gasteiger partial charge in [0, 0.05) is 43.8 Å². The number of aromatic amines is 1. The maximum Gasteiger partial charge on any atom is 0.326 e. The van der Waals surface area contributed by atoms with Gasteiger partial charge in [0.05, 0.1) is 45.4 Å². The monoisotopic (exact) mass is 680 g/mol. The molecule has 2 aliphatic heterocycles. The molecule has 6 heterocycles. The van der Waals surface area contributed by atoms with Crippen molar-refractivity contribution >= 4 is 56.9 Å². The number of nitrogens with one attached hydrogen (secondary N) is 1. The Morgan fingerprint density at radius 1 is 1.06 bits per heavy atom. The molecule has 4 aromatic heterocycles. The van der Waals surface area contributed by atoms with Crippen LogP contribution >= 0.6 is 11.6 Å². The predicted molar refractivity (Wildman–Crippen MR) is 192 cm³/mol. The van der Waals surface area contributed by atoms with Gasteiger partial charge in [-0.25, -0.2) is 9.78 Å². The summed E-state index contributed by atoms with van der Waals surface area (Å²) in [5.74, 6) is -0.618. The number of carbonyl (C=O) groups excluding carboxylic acids is 2. The molecule has 0 aliphatic carbocycles. The fourth-order valence-corrected chi connectivity index (χ4v) is 7.69. The molecule has 1 aromatic carbocycles. The SMILES string of the molecule is C=CC(=O)N1CC2C(=O)N(C)c3c(c4cc(Cl)c(-c5c(C)ccc6[nH]c(=O)n(C)c56)nc4n(-c4c(C)ccnc4C(C)C)c3=O)N2CC1C. The Hall–Kier alpha value is -5.23. The first-order valence-electron chi connectivity index (χ1n) is 16.2. The van der Waals surface area contributed by atoms with Crippen molar-refractivity contribution in [3.05, 3.63) is 85.8 Å². The molecule has 1 saturated heterocycles. The molecule has 13 heteroatoms. The van der Waals surface area contributed by atoms with E-state index in [2.05, 4.69) is 11.6 Å². The van der Waals surface area contributed by atoms with Crippen molar-refractivity contribution < 1.29 is 9.59 Å². The maximum absolute atomic E-state index is 15.1. The van der Waals surface area contributed by atoms with Gasteiger partial charge in [-0.3, -0.25) is 28.5 Å². The number of anilines is 2. The lowest BCUT2D eigenvalue weighted by molar-refractivity contribution is -0.130. The summed E-state index contributed by atoms with van der Waals surface area (Å²) in [5, 5.41) is 0.870. The molecule has 252 valence electrons. The van der Waals surface area contributed by atoms with Gasteiger partial charge in [0.2, 0.25) is 5.91 Å². The molecule has 2 amide bonds. The number of H-pyrrole nitrogens is 1. The molecule has 0 saturated carbocycles. The van der Waals surface area contributed by atoms with Crippen molar-refractivity contribution in [1.29, 1.82) is 0 Å². The van der Waals surface area contributed by atoms with E-state index in [1.165, 1.54) is 15.5 Å². The highest BCUT2D eigenvalue weighted by molar-refractivity contribution is 6.34. The molecule has 7 rings (SSSR count). The standard InChI is InChI=1S/C36H37ClN8O4/c1-9-25(46)43-16-24-34(47)41(7)32-30(44(24)15-20(43)6)21-14-22(37)28(26-18(4)10-11-23-31(26)42(8)36(49)39-23)40-33(21)45(35(32)48)29-19(5)12-13-38-27(29)17(2)3/h9-14,17,20,24H,1,15-16H2,2-8H3,(H,39,49). The van der Waals surface area contributed by atoms with Gasteiger partial charge in [-0.05, 0) is 62.1 Å². The Balaban J connectivity index is 1.63. The third-order valence-corrected chi connectivity index (χ3v) is 10.2. The van der Waals surface area contributed by atoms with Gasteiger partial charge in [-0.15, -0.1) is 0 Å². The summed E-state index contributed by atoms with van der Waals surface area (Å²) in [5.41, 5.74) is 5.58. The van der Waals surface area contributed by atoms with Gasteiger partial charge in [0.1, 0.15) is 17.4 Å². The average molecular weight is 681 g/mol. The number of aromatic nitrogens is 5. The lowest BCUT2D eigenvalue weighted by Gasteiger charge is -2.49. The number of hydrogen-bond donors (Lipinski definition) is 1. The van der Waals surface area contributed by atoms with Crippen molar-refractivity contribution in [2.24, 2.45) is 7.05 Å². The molecule has 1 fully saturated rings. The Kier molecular flexibility index (Phi) is 7.55. The number of aryl methyl sites for hydroxylation is 3. The summed E-state index contributed by atoms with van der Waals surface area (Å²) in [4.78, 5) is 72.4. The number of piperazine rings is 1. The highest BCUT2D eigenvalue weighted by atomic mass is 35.5. The minimum Gasteiger partial charge on any atom is -0.354 e. The van der Waals surface area contributed by atoms with Crippen molar-refractivity contribution in [3.8, 4) is 16.9 Å². The number of pyridine rings is 3. The van der Waals surface area contributed by atoms with Gasteiger partial charge in [0.15, 0.2) is 0 Å². The van der Waals surface area contributed by atoms with Gasteiger partial charge >= 0.3 is 5.69 Å². The lowest BCUT2D eigenvalue weighted by atomic mass is 9.97. The van der Waals surface area contributed by atoms with Crippen molar-refractivity contribution in [2.45, 2.75) is 52.6 Å². The van der Waals surface area contributed by atoms with Gasteiger partial charge in [-0.2, -0.15) is 0 Å². The molecule has 5 aromatic rings. The number of hydrogen-bond acceptors (Lipinski definition) is 7. The van der Waals surface area contributed by atoms with E-state index in [1.807, 2.05) is 57.7 Å². The first-order chi connectivity index (χ1) is 23.3. The number of imidazole rings is 1. The number of carbonyl (C=O) groups is 2. The summed E-state index contributed by atoms with van der Waals surface area (Å²) < 4.78 is 3.08. The van der Waals surface area contributed by atoms with Crippen LogP contribution in [0.1, 0.15) is 43.5 Å². The number of amides is 2. The van der Waals surface area contributed by atoms with Gasteiger partial charge < -0.3 is 19.7 Å². The Morgan fingerprint density at radius 3 is 2.49 bits per heavy atom. The number of likely N-dealkylation sites (N-methyl/N-ethyl adjacent to an activating group) is 1. The first-order valence-corrected chi connectivity index (χ1v) is 16.6. The van der Waals surface area contributed by atoms with E-state index in [4.69, 9.17) is 21.6 Å². The predicted octanol–water partition coefficient (Wildman–Crippen LogP) is 4.59. The van der Waals surface area contributed by atoms with Crippen LogP contribution in [0.3, 0.4) is 0 Å². The summed E-state index contributed by atoms with van der Waals surface area (Å²) in [7, 11) is 3.28. The third kappa shape index (κ3) is 4.64. The van der Waals surface area contributed by atoms with E-state index < -0.39 is 11.6 Å². The number of benzene rings is 1. The second-order valence-electron chi connectivity index (χ2n) is 13.3. The second kappa shape index (κ2) is 11.4. The van der Waals surface area contributed by atoms with E-state index in [0.717, 1.165) is 11.1 Å². The van der Waals surface area contributed by atoms with Crippen molar-refractivity contribution in [1.82, 2.24) is 29.0 Å². The molecule has 12 nitrogen and oxygen atoms in total. The lowest BCUT2D eigenvalue weighted by Crippen LogP contribution is -2.66. The molecule has 0 bridgehead atoms. The average Bonchev–Trinajstić information content (AvgIpc) is 3.35. The number of halogens is 1. The number of rotatable bonds is 4. The van der Waals surface area contributed by atoms with Crippen molar-refractivity contribution in [3.63, 3.8) is 0 Å². The van der Waals surface area contributed by atoms with Crippen LogP contribution in [0, 0.1) is 13.8 Å². The van der Waals surface area contributed by atoms with Crippen molar-refractivity contribution in [2.75, 3.05) is 29.9 Å². The van der Waals surface area contributed by atoms with E-state index in [-0.39, 0.29) is 41.7 Å². The Labute approximate surface area is 287 Å². The van der Waals surface area contributed by atoms with Crippen LogP contribution in [-0.2, 0) is 16.6 Å². The molecule has 0 spiro atoms. The smallest absolute Gasteiger partial charge is 0.326 e. The first kappa shape index (κ1) is 32.3. The van der Waals surface area contributed by atoms with Gasteiger partial charge in [0.25, 0.3) is 11.5 Å². The second-order valence-corrected chi connectivity index (χ2v) is 13.7. The fourth-order valence-electron chi connectivity index (χ4n) is 7.45. The largest absolute Gasteiger partial charge is 0.354 e. The third-order valence-electron chi connectivity index (χ3n) is 9.92. The molecular weight excluding hydrogens is 644 g/mol. The van der Waals surface area contributed by atoms with Crippen LogP contribution in [0.4, 0.5) is 11.4 Å². The molecular formula is C36H37ClN8O4. The zero-order chi connectivity index (χ0) is 35.2. The fraction of sp³-hybridized carbons (Fsp3) is 0.333. The molecule has 2 atom stereocenters. The van der Waals surface area contributed by atoms with Gasteiger partial charge in [-0.1, -0.05) is 38.1 Å².